The molecule has 4 atom stereocenters. The molecule has 65 heavy (non-hydrogen) atoms. The normalized spacial score (nSPS) is 19.9. The molecule has 4 aliphatic carbocycles. The van der Waals surface area contributed by atoms with Crippen LogP contribution in [0.1, 0.15) is 94.4 Å². The second-order valence-electron chi connectivity index (χ2n) is 19.0. The first-order valence-corrected chi connectivity index (χ1v) is 25.7. The molecular formula is C64H52Si. The van der Waals surface area contributed by atoms with Gasteiger partial charge in [0.1, 0.15) is 8.07 Å². The summed E-state index contributed by atoms with van der Waals surface area (Å²) in [4.78, 5) is 0. The van der Waals surface area contributed by atoms with Crippen LogP contribution in [0.3, 0.4) is 0 Å². The average Bonchev–Trinajstić information content (AvgIpc) is 4.09. The molecule has 0 N–H and O–H groups in total. The summed E-state index contributed by atoms with van der Waals surface area (Å²) in [6.07, 6.45) is 10.4. The minimum absolute atomic E-state index is 0.209. The molecule has 0 bridgehead atoms. The van der Waals surface area contributed by atoms with Crippen LogP contribution >= 0.6 is 0 Å². The minimum atomic E-state index is -3.09. The third-order valence-corrected chi connectivity index (χ3v) is 22.5. The largest absolute Gasteiger partial charge is 0.101 e. The molecule has 0 saturated carbocycles. The highest BCUT2D eigenvalue weighted by molar-refractivity contribution is 6.88. The van der Waals surface area contributed by atoms with Crippen molar-refractivity contribution >= 4 is 32.4 Å². The lowest BCUT2D eigenvalue weighted by molar-refractivity contribution is 0.816. The second-order valence-corrected chi connectivity index (χ2v) is 23.3. The summed E-state index contributed by atoms with van der Waals surface area (Å²) in [5.74, 6) is 0. The van der Waals surface area contributed by atoms with Gasteiger partial charge in [-0.3, -0.25) is 0 Å². The Morgan fingerprint density at radius 3 is 0.677 bits per heavy atom. The molecule has 12 rings (SSSR count). The topological polar surface area (TPSA) is 0 Å². The van der Waals surface area contributed by atoms with Crippen LogP contribution in [0, 0.1) is 0 Å². The summed E-state index contributed by atoms with van der Waals surface area (Å²) in [5.41, 5.74) is 28.8. The van der Waals surface area contributed by atoms with Gasteiger partial charge in [0.05, 0.1) is 0 Å². The van der Waals surface area contributed by atoms with E-state index in [0.29, 0.717) is 0 Å². The van der Waals surface area contributed by atoms with Crippen molar-refractivity contribution in [2.24, 2.45) is 0 Å². The van der Waals surface area contributed by atoms with E-state index >= 15 is 0 Å². The second kappa shape index (κ2) is 15.6. The quantitative estimate of drug-likeness (QED) is 0.134. The molecule has 8 aromatic rings. The van der Waals surface area contributed by atoms with Gasteiger partial charge in [-0.2, -0.15) is 0 Å². The molecule has 0 aliphatic heterocycles. The maximum absolute atomic E-state index is 3.09. The van der Waals surface area contributed by atoms with Gasteiger partial charge in [-0.25, -0.2) is 0 Å². The van der Waals surface area contributed by atoms with Crippen molar-refractivity contribution in [1.29, 1.82) is 0 Å². The van der Waals surface area contributed by atoms with Gasteiger partial charge in [0.15, 0.2) is 0 Å². The number of benzene rings is 8. The Labute approximate surface area is 385 Å². The van der Waals surface area contributed by atoms with Crippen LogP contribution in [0.4, 0.5) is 0 Å². The van der Waals surface area contributed by atoms with E-state index in [1.54, 1.807) is 0 Å². The molecule has 0 saturated heterocycles. The number of fused-ring (bicyclic) bond motifs is 4. The molecule has 0 nitrogen and oxygen atoms in total. The van der Waals surface area contributed by atoms with Crippen molar-refractivity contribution in [1.82, 2.24) is 0 Å². The first kappa shape index (κ1) is 39.5. The first-order valence-electron chi connectivity index (χ1n) is 23.4. The van der Waals surface area contributed by atoms with E-state index in [4.69, 9.17) is 0 Å². The molecule has 0 amide bonds. The molecule has 4 aliphatic rings. The predicted molar refractivity (Wildman–Crippen MR) is 279 cm³/mol. The molecule has 4 unspecified atom stereocenters. The lowest BCUT2D eigenvalue weighted by Gasteiger charge is -2.54. The molecule has 0 heterocycles. The zero-order valence-corrected chi connectivity index (χ0v) is 38.6. The molecule has 1 heteroatoms. The van der Waals surface area contributed by atoms with Crippen LogP contribution < -0.4 is 0 Å². The van der Waals surface area contributed by atoms with Crippen LogP contribution in [0.15, 0.2) is 216 Å². The van der Waals surface area contributed by atoms with E-state index in [-0.39, 0.29) is 22.2 Å². The van der Waals surface area contributed by atoms with E-state index in [1.165, 1.54) is 111 Å². The minimum Gasteiger partial charge on any atom is -0.0678 e. The highest BCUT2D eigenvalue weighted by atomic mass is 28.3. The van der Waals surface area contributed by atoms with Crippen LogP contribution in [0.25, 0.3) is 68.8 Å². The van der Waals surface area contributed by atoms with Crippen molar-refractivity contribution in [3.05, 3.63) is 261 Å². The molecule has 8 aromatic carbocycles. The number of hydrogen-bond donors (Lipinski definition) is 0. The highest BCUT2D eigenvalue weighted by Crippen LogP contribution is 2.68. The standard InChI is InChI=1S/C64H52Si/c1-41-37-57-49(45-21-9-5-10-22-45)29-17-33-53(57)61(41)65(62-42(2)38-58-50(30-18-34-54(58)62)46-23-11-6-12-24-46,63-43(3)39-59-51(31-19-35-55(59)63)47-25-13-7-14-26-47)64-44(4)40-60-52(32-20-36-56(60)64)48-27-15-8-16-28-48/h5-40,61-64H,1-4H3. The molecule has 0 fully saturated rings. The van der Waals surface area contributed by atoms with Gasteiger partial charge in [0, 0.05) is 22.2 Å². The van der Waals surface area contributed by atoms with Crippen molar-refractivity contribution < 1.29 is 0 Å². The summed E-state index contributed by atoms with van der Waals surface area (Å²) < 4.78 is 0. The zero-order chi connectivity index (χ0) is 43.8. The average molecular weight is 849 g/mol. The van der Waals surface area contributed by atoms with Gasteiger partial charge in [0.25, 0.3) is 0 Å². The fourth-order valence-electron chi connectivity index (χ4n) is 13.3. The van der Waals surface area contributed by atoms with Crippen LogP contribution in [-0.4, -0.2) is 8.07 Å². The van der Waals surface area contributed by atoms with Crippen LogP contribution in [0.5, 0.6) is 0 Å². The smallest absolute Gasteiger partial charge is 0.0678 e. The SMILES string of the molecule is CC1=Cc2c(-c3ccccc3)cccc2C1[Si](C1C(C)=Cc2c(-c3ccccc3)cccc21)(C1C(C)=Cc2c(-c3ccccc3)cccc21)C1C(C)=Cc2c(-c3ccccc3)cccc21. The summed E-state index contributed by atoms with van der Waals surface area (Å²) in [7, 11) is -3.09. The summed E-state index contributed by atoms with van der Waals surface area (Å²) in [5, 5.41) is 0. The third kappa shape index (κ3) is 6.02. The fourth-order valence-corrected chi connectivity index (χ4v) is 22.0. The first-order chi connectivity index (χ1) is 31.9. The van der Waals surface area contributed by atoms with E-state index < -0.39 is 8.07 Å². The lowest BCUT2D eigenvalue weighted by Crippen LogP contribution is -2.58. The van der Waals surface area contributed by atoms with Crippen molar-refractivity contribution in [3.63, 3.8) is 0 Å². The Morgan fingerprint density at radius 1 is 0.246 bits per heavy atom. The Morgan fingerprint density at radius 2 is 0.462 bits per heavy atom. The van der Waals surface area contributed by atoms with Gasteiger partial charge in [0.2, 0.25) is 0 Å². The van der Waals surface area contributed by atoms with E-state index in [2.05, 4.69) is 246 Å². The van der Waals surface area contributed by atoms with E-state index in [0.717, 1.165) is 0 Å². The summed E-state index contributed by atoms with van der Waals surface area (Å²) in [6.45, 7) is 9.95. The summed E-state index contributed by atoms with van der Waals surface area (Å²) in [6, 6.07) is 73.3. The molecule has 0 spiro atoms. The van der Waals surface area contributed by atoms with Gasteiger partial charge < -0.3 is 0 Å². The highest BCUT2D eigenvalue weighted by Gasteiger charge is 2.64. The molecule has 0 radical (unpaired) electrons. The molecule has 312 valence electrons. The van der Waals surface area contributed by atoms with Crippen LogP contribution in [-0.2, 0) is 0 Å². The maximum atomic E-state index is 2.60. The van der Waals surface area contributed by atoms with E-state index in [1.807, 2.05) is 0 Å². The Kier molecular flexibility index (Phi) is 9.47. The number of rotatable bonds is 8. The fraction of sp³-hybridized carbons (Fsp3) is 0.125. The van der Waals surface area contributed by atoms with Gasteiger partial charge in [-0.15, -0.1) is 0 Å². The van der Waals surface area contributed by atoms with Gasteiger partial charge >= 0.3 is 0 Å². The van der Waals surface area contributed by atoms with Gasteiger partial charge in [-0.1, -0.05) is 241 Å². The predicted octanol–water partition coefficient (Wildman–Crippen LogP) is 17.1. The molecular weight excluding hydrogens is 797 g/mol. The Hall–Kier alpha value is -7.06. The van der Waals surface area contributed by atoms with Crippen LogP contribution in [0.2, 0.25) is 0 Å². The van der Waals surface area contributed by atoms with Gasteiger partial charge in [-0.05, 0) is 117 Å². The Bertz CT molecular complexity index is 2840. The lowest BCUT2D eigenvalue weighted by atomic mass is 9.96. The zero-order valence-electron chi connectivity index (χ0n) is 37.6. The van der Waals surface area contributed by atoms with E-state index in [9.17, 15) is 0 Å². The Balaban J connectivity index is 1.22. The monoisotopic (exact) mass is 848 g/mol. The van der Waals surface area contributed by atoms with Crippen molar-refractivity contribution in [3.8, 4) is 44.5 Å². The van der Waals surface area contributed by atoms with Crippen molar-refractivity contribution in [2.45, 2.75) is 49.9 Å². The molecule has 0 aromatic heterocycles. The number of allylic oxidation sites excluding steroid dienone is 4. The summed E-state index contributed by atoms with van der Waals surface area (Å²) >= 11 is 0. The third-order valence-electron chi connectivity index (χ3n) is 15.5. The van der Waals surface area contributed by atoms with Crippen molar-refractivity contribution in [2.75, 3.05) is 0 Å². The number of hydrogen-bond acceptors (Lipinski definition) is 0. The maximum Gasteiger partial charge on any atom is 0.101 e.